The average Bonchev–Trinajstić information content (AvgIpc) is 2.80. The van der Waals surface area contributed by atoms with Gasteiger partial charge in [0.25, 0.3) is 0 Å². The van der Waals surface area contributed by atoms with Gasteiger partial charge in [-0.25, -0.2) is 0 Å². The van der Waals surface area contributed by atoms with Crippen LogP contribution in [0.5, 0.6) is 0 Å². The Morgan fingerprint density at radius 3 is 0.605 bits per heavy atom. The minimum atomic E-state index is -3.87. The predicted octanol–water partition coefficient (Wildman–Crippen LogP) is 7.22. The molecule has 0 aliphatic rings. The van der Waals surface area contributed by atoms with E-state index in [1.807, 2.05) is 27.7 Å². The van der Waals surface area contributed by atoms with Gasteiger partial charge >= 0.3 is 45.6 Å². The van der Waals surface area contributed by atoms with Crippen LogP contribution < -0.4 is 0 Å². The topological polar surface area (TPSA) is 213 Å². The summed E-state index contributed by atoms with van der Waals surface area (Å²) in [4.78, 5) is 0. The van der Waals surface area contributed by atoms with Gasteiger partial charge in [-0.1, -0.05) is 27.7 Å². The van der Waals surface area contributed by atoms with Gasteiger partial charge in [0.1, 0.15) is 0 Å². The van der Waals surface area contributed by atoms with Gasteiger partial charge in [-0.2, -0.15) is 0 Å². The van der Waals surface area contributed by atoms with E-state index in [4.69, 9.17) is 54.3 Å². The van der Waals surface area contributed by atoms with Gasteiger partial charge in [-0.05, 0) is 11.8 Å². The van der Waals surface area contributed by atoms with Crippen LogP contribution in [0.25, 0.3) is 0 Å². The molecule has 0 radical (unpaired) electrons. The summed E-state index contributed by atoms with van der Waals surface area (Å²) >= 11 is 0. The van der Waals surface area contributed by atoms with Crippen molar-refractivity contribution in [1.29, 1.82) is 0 Å². The monoisotopic (exact) mass is 748 g/mol. The molecule has 0 saturated carbocycles. The maximum absolute atomic E-state index is 12.4. The van der Waals surface area contributed by atoms with Crippen molar-refractivity contribution in [2.75, 3.05) is 87.2 Å². The first-order valence-corrected chi connectivity index (χ1v) is 24.5. The van der Waals surface area contributed by atoms with E-state index in [1.54, 1.807) is 0 Å². The largest absolute Gasteiger partial charge is 0.331 e. The normalized spacial score (nSPS) is 20.9. The van der Waals surface area contributed by atoms with E-state index < -0.39 is 79.5 Å². The van der Waals surface area contributed by atoms with E-state index in [0.717, 1.165) is 26.7 Å². The van der Waals surface area contributed by atoms with E-state index in [2.05, 4.69) is 0 Å². The predicted molar refractivity (Wildman–Crippen MR) is 158 cm³/mol. The van der Waals surface area contributed by atoms with E-state index in [-0.39, 0.29) is 25.0 Å². The molecule has 0 aliphatic carbocycles. The van der Waals surface area contributed by atoms with Gasteiger partial charge in [-0.3, -0.25) is 72.6 Å². The van der Waals surface area contributed by atoms with Crippen molar-refractivity contribution in [3.63, 3.8) is 0 Å². The molecule has 6 unspecified atom stereocenters. The van der Waals surface area contributed by atoms with Gasteiger partial charge < -0.3 is 9.05 Å². The zero-order valence-corrected chi connectivity index (χ0v) is 31.5. The second kappa shape index (κ2) is 19.7. The molecule has 0 amide bonds. The fourth-order valence-electron chi connectivity index (χ4n) is 1.87. The van der Waals surface area contributed by atoms with Crippen LogP contribution in [-0.4, -0.2) is 87.2 Å². The molecule has 24 heteroatoms. The zero-order valence-electron chi connectivity index (χ0n) is 26.1. The molecular formula is C19H46O18P6. The van der Waals surface area contributed by atoms with Gasteiger partial charge in [0.05, 0.1) is 13.2 Å². The lowest BCUT2D eigenvalue weighted by Gasteiger charge is -2.20. The first-order valence-electron chi connectivity index (χ1n) is 12.6. The molecule has 0 saturated heterocycles. The second-order valence-corrected chi connectivity index (χ2v) is 22.2. The van der Waals surface area contributed by atoms with Crippen molar-refractivity contribution in [1.82, 2.24) is 0 Å². The van der Waals surface area contributed by atoms with E-state index in [9.17, 15) is 27.4 Å². The van der Waals surface area contributed by atoms with Crippen molar-refractivity contribution < 1.29 is 81.7 Å². The van der Waals surface area contributed by atoms with Gasteiger partial charge in [0.2, 0.25) is 0 Å². The Hall–Kier alpha value is 0.900. The van der Waals surface area contributed by atoms with E-state index in [0.29, 0.717) is 0 Å². The van der Waals surface area contributed by atoms with Crippen LogP contribution in [0.3, 0.4) is 0 Å². The van der Waals surface area contributed by atoms with E-state index >= 15 is 0 Å². The molecular weight excluding hydrogens is 702 g/mol. The Labute approximate surface area is 253 Å². The molecule has 6 atom stereocenters. The summed E-state index contributed by atoms with van der Waals surface area (Å²) in [6.07, 6.45) is 0. The Morgan fingerprint density at radius 1 is 0.326 bits per heavy atom. The minimum Gasteiger partial charge on any atom is -0.308 e. The van der Waals surface area contributed by atoms with Crippen LogP contribution in [0.2, 0.25) is 0 Å². The van der Waals surface area contributed by atoms with Crippen LogP contribution in [0.15, 0.2) is 0 Å². The maximum Gasteiger partial charge on any atom is 0.331 e. The lowest BCUT2D eigenvalue weighted by molar-refractivity contribution is 0.0248. The molecule has 0 rings (SSSR count). The third-order valence-corrected chi connectivity index (χ3v) is 11.1. The summed E-state index contributed by atoms with van der Waals surface area (Å²) in [5, 5.41) is 0. The standard InChI is InChI=1S/C19H46O18P6/c1-18(2)11-26-38(5,20)28-13-30-40(7,22)32-15-34-42(9,24)36-17-37-43(10,25)35-16-33-41(8,23)31-14-29-39(6,21)27-12-19(3)4/h18-19H,11-17H2,1-10H3. The molecule has 0 aliphatic heterocycles. The highest BCUT2D eigenvalue weighted by Crippen LogP contribution is 2.53. The summed E-state index contributed by atoms with van der Waals surface area (Å²) in [6.45, 7) is 10.8. The van der Waals surface area contributed by atoms with Gasteiger partial charge in [0.15, 0.2) is 34.0 Å². The summed E-state index contributed by atoms with van der Waals surface area (Å²) in [5.74, 6) is 0.235. The number of hydrogen-bond acceptors (Lipinski definition) is 18. The summed E-state index contributed by atoms with van der Waals surface area (Å²) in [7, 11) is -22.2. The van der Waals surface area contributed by atoms with Crippen molar-refractivity contribution in [3.05, 3.63) is 0 Å². The lowest BCUT2D eigenvalue weighted by Crippen LogP contribution is -2.07. The fraction of sp³-hybridized carbons (Fsp3) is 1.00. The summed E-state index contributed by atoms with van der Waals surface area (Å²) < 4.78 is 133. The summed E-state index contributed by atoms with van der Waals surface area (Å²) in [5.41, 5.74) is 0. The molecule has 18 nitrogen and oxygen atoms in total. The van der Waals surface area contributed by atoms with Crippen molar-refractivity contribution >= 4 is 45.6 Å². The number of hydrogen-bond donors (Lipinski definition) is 0. The lowest BCUT2D eigenvalue weighted by atomic mass is 10.2. The summed E-state index contributed by atoms with van der Waals surface area (Å²) in [6, 6.07) is 0. The molecule has 43 heavy (non-hydrogen) atoms. The highest BCUT2D eigenvalue weighted by molar-refractivity contribution is 7.55. The molecule has 0 N–H and O–H groups in total. The van der Waals surface area contributed by atoms with Crippen LogP contribution in [0.1, 0.15) is 27.7 Å². The molecule has 0 heterocycles. The first-order chi connectivity index (χ1) is 19.4. The molecule has 0 aromatic rings. The molecule has 260 valence electrons. The SMILES string of the molecule is CC(C)COP(C)(=O)OCOP(C)(=O)OCOP(C)(=O)OCOP(C)(=O)OCOP(C)(=O)OCOP(C)(=O)OCC(C)C. The average molecular weight is 748 g/mol. The van der Waals surface area contributed by atoms with Crippen molar-refractivity contribution in [2.24, 2.45) is 11.8 Å². The molecule has 0 aromatic heterocycles. The van der Waals surface area contributed by atoms with Crippen LogP contribution in [-0.2, 0) is 81.7 Å². The maximum atomic E-state index is 12.4. The molecule has 0 bridgehead atoms. The number of rotatable bonds is 26. The molecule has 0 fully saturated rings. The van der Waals surface area contributed by atoms with Gasteiger partial charge in [0, 0.05) is 40.0 Å². The van der Waals surface area contributed by atoms with Crippen LogP contribution >= 0.6 is 45.6 Å². The highest BCUT2D eigenvalue weighted by Gasteiger charge is 2.27. The highest BCUT2D eigenvalue weighted by atomic mass is 31.2. The second-order valence-electron chi connectivity index (χ2n) is 9.89. The smallest absolute Gasteiger partial charge is 0.308 e. The van der Waals surface area contributed by atoms with Gasteiger partial charge in [-0.15, -0.1) is 0 Å². The quantitative estimate of drug-likeness (QED) is 0.0630. The Kier molecular flexibility index (Phi) is 20.1. The Bertz CT molecular complexity index is 1030. The first kappa shape index (κ1) is 43.9. The zero-order chi connectivity index (χ0) is 33.6. The Morgan fingerprint density at radius 2 is 0.465 bits per heavy atom. The van der Waals surface area contributed by atoms with Crippen LogP contribution in [0, 0.1) is 11.8 Å². The fourth-order valence-corrected chi connectivity index (χ4v) is 6.31. The molecule has 0 aromatic carbocycles. The third-order valence-electron chi connectivity index (χ3n) is 4.16. The van der Waals surface area contributed by atoms with E-state index in [1.165, 1.54) is 13.3 Å². The van der Waals surface area contributed by atoms with Crippen molar-refractivity contribution in [3.8, 4) is 0 Å². The minimum absolute atomic E-state index is 0.117. The molecule has 0 spiro atoms. The third kappa shape index (κ3) is 25.6. The van der Waals surface area contributed by atoms with Crippen LogP contribution in [0.4, 0.5) is 0 Å². The van der Waals surface area contributed by atoms with Crippen molar-refractivity contribution in [2.45, 2.75) is 27.7 Å². The Balaban J connectivity index is 4.36.